The summed E-state index contributed by atoms with van der Waals surface area (Å²) < 4.78 is 36.8. The summed E-state index contributed by atoms with van der Waals surface area (Å²) >= 11 is 0. The number of hydrogen-bond acceptors (Lipinski definition) is 0. The van der Waals surface area contributed by atoms with E-state index in [2.05, 4.69) is 68.9 Å². The second-order valence-corrected chi connectivity index (χ2v) is 13.7. The van der Waals surface area contributed by atoms with Gasteiger partial charge >= 0.3 is 6.18 Å². The molecular weight excluding hydrogens is 477 g/mol. The number of alkyl halides is 3. The summed E-state index contributed by atoms with van der Waals surface area (Å²) in [5, 5.41) is 0. The maximum Gasteiger partial charge on any atom is 0.392 e. The lowest BCUT2D eigenvalue weighted by Crippen LogP contribution is -2.44. The molecule has 1 rings (SSSR count). The SMILES string of the molecule is C=C(CCCCCCCCc1ccc(/C=C/CC(F)(F)F)cc1)C(C)(CC(C)(C)C(C)C)C(C)(C)C(C)C. The van der Waals surface area contributed by atoms with Gasteiger partial charge in [-0.3, -0.25) is 0 Å². The normalized spacial score (nSPS) is 15.0. The van der Waals surface area contributed by atoms with Gasteiger partial charge in [-0.05, 0) is 71.3 Å². The number of halogens is 3. The van der Waals surface area contributed by atoms with E-state index in [9.17, 15) is 13.2 Å². The van der Waals surface area contributed by atoms with Crippen LogP contribution in [0.3, 0.4) is 0 Å². The Morgan fingerprint density at radius 2 is 1.32 bits per heavy atom. The third-order valence-corrected chi connectivity index (χ3v) is 9.85. The van der Waals surface area contributed by atoms with E-state index in [1.807, 2.05) is 24.3 Å². The van der Waals surface area contributed by atoms with Crippen LogP contribution < -0.4 is 0 Å². The first kappa shape index (κ1) is 34.5. The average Bonchev–Trinajstić information content (AvgIpc) is 2.80. The van der Waals surface area contributed by atoms with Crippen molar-refractivity contribution < 1.29 is 13.2 Å². The van der Waals surface area contributed by atoms with E-state index >= 15 is 0 Å². The van der Waals surface area contributed by atoms with E-state index in [1.54, 1.807) is 6.08 Å². The Balaban J connectivity index is 2.44. The molecule has 1 aromatic rings. The third-order valence-electron chi connectivity index (χ3n) is 9.85. The minimum absolute atomic E-state index is 0.110. The van der Waals surface area contributed by atoms with Crippen LogP contribution in [0.15, 0.2) is 42.5 Å². The molecule has 0 amide bonds. The molecule has 0 aromatic heterocycles. The second-order valence-electron chi connectivity index (χ2n) is 13.7. The molecule has 1 unspecified atom stereocenters. The molecule has 0 aliphatic carbocycles. The van der Waals surface area contributed by atoms with E-state index in [0.29, 0.717) is 11.8 Å². The van der Waals surface area contributed by atoms with Crippen molar-refractivity contribution in [2.75, 3.05) is 0 Å². The molecule has 0 spiro atoms. The van der Waals surface area contributed by atoms with Crippen LogP contribution in [0.5, 0.6) is 0 Å². The first-order valence-electron chi connectivity index (χ1n) is 14.9. The molecule has 1 atom stereocenters. The standard InChI is InChI=1S/C35H57F3/c1-27(2)32(6,7)26-34(10,33(8,9)28(3)4)29(5)18-15-13-11-12-14-16-19-30-21-23-31(24-22-30)20-17-25-35(36,37)38/h17,20-24,27-28H,5,11-16,18-19,25-26H2,1-4,6-10H3/b20-17+. The largest absolute Gasteiger partial charge is 0.392 e. The molecule has 0 saturated carbocycles. The van der Waals surface area contributed by atoms with Crippen molar-refractivity contribution in [1.29, 1.82) is 0 Å². The lowest BCUT2D eigenvalue weighted by molar-refractivity contribution is -0.124. The van der Waals surface area contributed by atoms with Gasteiger partial charge in [-0.2, -0.15) is 13.2 Å². The summed E-state index contributed by atoms with van der Waals surface area (Å²) in [6.45, 7) is 26.3. The maximum atomic E-state index is 12.3. The highest BCUT2D eigenvalue weighted by Crippen LogP contribution is 2.56. The first-order valence-corrected chi connectivity index (χ1v) is 14.9. The fraction of sp³-hybridized carbons (Fsp3) is 0.714. The molecule has 218 valence electrons. The van der Waals surface area contributed by atoms with Crippen LogP contribution >= 0.6 is 0 Å². The summed E-state index contributed by atoms with van der Waals surface area (Å²) in [7, 11) is 0. The number of unbranched alkanes of at least 4 members (excludes halogenated alkanes) is 5. The van der Waals surface area contributed by atoms with Gasteiger partial charge in [0.2, 0.25) is 0 Å². The zero-order valence-corrected chi connectivity index (χ0v) is 26.0. The van der Waals surface area contributed by atoms with E-state index in [4.69, 9.17) is 0 Å². The molecule has 0 nitrogen and oxygen atoms in total. The number of benzene rings is 1. The minimum Gasteiger partial charge on any atom is -0.171 e. The summed E-state index contributed by atoms with van der Waals surface area (Å²) in [5.74, 6) is 1.23. The predicted molar refractivity (Wildman–Crippen MR) is 161 cm³/mol. The van der Waals surface area contributed by atoms with Crippen LogP contribution in [0.1, 0.15) is 131 Å². The number of hydrogen-bond donors (Lipinski definition) is 0. The first-order chi connectivity index (χ1) is 17.4. The van der Waals surface area contributed by atoms with Crippen LogP contribution in [-0.2, 0) is 6.42 Å². The molecule has 0 heterocycles. The van der Waals surface area contributed by atoms with E-state index in [-0.39, 0.29) is 16.2 Å². The molecule has 0 N–H and O–H groups in total. The lowest BCUT2D eigenvalue weighted by Gasteiger charge is -2.53. The van der Waals surface area contributed by atoms with Crippen molar-refractivity contribution in [1.82, 2.24) is 0 Å². The topological polar surface area (TPSA) is 0 Å². The molecule has 38 heavy (non-hydrogen) atoms. The molecule has 0 fully saturated rings. The van der Waals surface area contributed by atoms with Gasteiger partial charge < -0.3 is 0 Å². The Morgan fingerprint density at radius 3 is 1.82 bits per heavy atom. The Bertz CT molecular complexity index is 852. The van der Waals surface area contributed by atoms with E-state index in [0.717, 1.165) is 24.8 Å². The molecular formula is C35H57F3. The minimum atomic E-state index is -4.14. The van der Waals surface area contributed by atoms with E-state index in [1.165, 1.54) is 55.7 Å². The van der Waals surface area contributed by atoms with Crippen molar-refractivity contribution in [2.24, 2.45) is 28.1 Å². The average molecular weight is 535 g/mol. The predicted octanol–water partition coefficient (Wildman–Crippen LogP) is 12.2. The molecule has 0 saturated heterocycles. The Hall–Kier alpha value is -1.51. The highest BCUT2D eigenvalue weighted by Gasteiger charge is 2.47. The summed E-state index contributed by atoms with van der Waals surface area (Å²) in [6.07, 6.45) is 8.38. The Morgan fingerprint density at radius 1 is 0.789 bits per heavy atom. The third kappa shape index (κ3) is 10.9. The second kappa shape index (κ2) is 14.8. The number of rotatable bonds is 17. The summed E-state index contributed by atoms with van der Waals surface area (Å²) in [6, 6.07) is 7.89. The lowest BCUT2D eigenvalue weighted by atomic mass is 9.52. The Kier molecular flexibility index (Phi) is 13.4. The zero-order chi connectivity index (χ0) is 29.2. The van der Waals surface area contributed by atoms with Gasteiger partial charge in [0.15, 0.2) is 0 Å². The highest BCUT2D eigenvalue weighted by molar-refractivity contribution is 5.49. The van der Waals surface area contributed by atoms with Gasteiger partial charge in [-0.1, -0.05) is 137 Å². The zero-order valence-electron chi connectivity index (χ0n) is 26.0. The number of allylic oxidation sites excluding steroid dienone is 2. The van der Waals surface area contributed by atoms with Crippen LogP contribution in [0.4, 0.5) is 13.2 Å². The van der Waals surface area contributed by atoms with Crippen molar-refractivity contribution in [3.05, 3.63) is 53.6 Å². The van der Waals surface area contributed by atoms with Gasteiger partial charge in [0.05, 0.1) is 6.42 Å². The fourth-order valence-corrected chi connectivity index (χ4v) is 5.34. The summed E-state index contributed by atoms with van der Waals surface area (Å²) in [5.41, 5.74) is 4.08. The van der Waals surface area contributed by atoms with Gasteiger partial charge in [-0.25, -0.2) is 0 Å². The van der Waals surface area contributed by atoms with Crippen LogP contribution in [-0.4, -0.2) is 6.18 Å². The fourth-order valence-electron chi connectivity index (χ4n) is 5.34. The van der Waals surface area contributed by atoms with E-state index < -0.39 is 12.6 Å². The molecule has 0 aliphatic heterocycles. The van der Waals surface area contributed by atoms with Crippen LogP contribution in [0.25, 0.3) is 6.08 Å². The molecule has 3 heteroatoms. The highest BCUT2D eigenvalue weighted by atomic mass is 19.4. The molecule has 0 aliphatic rings. The number of aryl methyl sites for hydroxylation is 1. The molecule has 1 aromatic carbocycles. The van der Waals surface area contributed by atoms with Crippen LogP contribution in [0, 0.1) is 28.1 Å². The van der Waals surface area contributed by atoms with Gasteiger partial charge in [0, 0.05) is 0 Å². The van der Waals surface area contributed by atoms with Crippen molar-refractivity contribution in [3.63, 3.8) is 0 Å². The van der Waals surface area contributed by atoms with Gasteiger partial charge in [-0.15, -0.1) is 0 Å². The maximum absolute atomic E-state index is 12.3. The van der Waals surface area contributed by atoms with Crippen molar-refractivity contribution in [2.45, 2.75) is 133 Å². The van der Waals surface area contributed by atoms with Gasteiger partial charge in [0.1, 0.15) is 0 Å². The molecule has 0 bridgehead atoms. The van der Waals surface area contributed by atoms with Crippen molar-refractivity contribution >= 4 is 6.08 Å². The van der Waals surface area contributed by atoms with Crippen molar-refractivity contribution in [3.8, 4) is 0 Å². The smallest absolute Gasteiger partial charge is 0.171 e. The molecule has 0 radical (unpaired) electrons. The van der Waals surface area contributed by atoms with Gasteiger partial charge in [0.25, 0.3) is 0 Å². The summed E-state index contributed by atoms with van der Waals surface area (Å²) in [4.78, 5) is 0. The quantitative estimate of drug-likeness (QED) is 0.138. The Labute approximate surface area is 233 Å². The van der Waals surface area contributed by atoms with Crippen LogP contribution in [0.2, 0.25) is 0 Å². The monoisotopic (exact) mass is 534 g/mol.